The van der Waals surface area contributed by atoms with Crippen LogP contribution < -0.4 is 10.6 Å². The number of hydrogen-bond acceptors (Lipinski definition) is 3. The number of nitrogens with zero attached hydrogens (tertiary/aromatic N) is 1. The molecule has 0 atom stereocenters. The van der Waals surface area contributed by atoms with Gasteiger partial charge in [-0.15, -0.1) is 0 Å². The molecule has 0 aliphatic rings. The molecule has 2 aromatic carbocycles. The highest BCUT2D eigenvalue weighted by Gasteiger charge is 2.33. The van der Waals surface area contributed by atoms with Gasteiger partial charge in [0.25, 0.3) is 11.8 Å². The number of rotatable bonds is 4. The van der Waals surface area contributed by atoms with Crippen LogP contribution in [0.1, 0.15) is 32.1 Å². The van der Waals surface area contributed by atoms with Crippen molar-refractivity contribution in [3.63, 3.8) is 0 Å². The number of nitrogens with one attached hydrogen (secondary N) is 2. The molecule has 1 aromatic heterocycles. The molecule has 0 radical (unpaired) electrons. The average molecular weight is 468 g/mol. The molecular weight excluding hydrogens is 454 g/mol. The molecule has 2 amide bonds. The van der Waals surface area contributed by atoms with Crippen molar-refractivity contribution >= 4 is 46.4 Å². The molecule has 0 fully saturated rings. The summed E-state index contributed by atoms with van der Waals surface area (Å²) in [4.78, 5) is 28.4. The number of pyridine rings is 1. The summed E-state index contributed by atoms with van der Waals surface area (Å²) in [6, 6.07) is 12.6. The Morgan fingerprint density at radius 1 is 0.871 bits per heavy atom. The van der Waals surface area contributed by atoms with Crippen molar-refractivity contribution in [2.75, 3.05) is 10.6 Å². The zero-order valence-electron chi connectivity index (χ0n) is 15.8. The summed E-state index contributed by atoms with van der Waals surface area (Å²) in [6.45, 7) is 1.31. The maximum absolute atomic E-state index is 12.8. The molecule has 0 spiro atoms. The van der Waals surface area contributed by atoms with Crippen molar-refractivity contribution in [3.8, 4) is 0 Å². The fraction of sp³-hybridized carbons (Fsp3) is 0.0952. The monoisotopic (exact) mass is 467 g/mol. The molecule has 0 saturated carbocycles. The van der Waals surface area contributed by atoms with Gasteiger partial charge in [-0.05, 0) is 49.4 Å². The van der Waals surface area contributed by atoms with E-state index in [0.29, 0.717) is 0 Å². The molecule has 5 nitrogen and oxygen atoms in total. The molecule has 1 heterocycles. The Hall–Kier alpha value is -3.10. The fourth-order valence-electron chi connectivity index (χ4n) is 2.69. The van der Waals surface area contributed by atoms with E-state index in [0.717, 1.165) is 12.1 Å². The number of anilines is 2. The second kappa shape index (κ2) is 8.95. The first-order valence-corrected chi connectivity index (χ1v) is 9.53. The Labute approximate surface area is 185 Å². The number of hydrogen-bond donors (Lipinski definition) is 2. The van der Waals surface area contributed by atoms with Crippen molar-refractivity contribution in [1.82, 2.24) is 4.98 Å². The number of carbonyl (C=O) groups excluding carboxylic acids is 2. The van der Waals surface area contributed by atoms with Gasteiger partial charge in [0.05, 0.1) is 32.6 Å². The number of halogens is 5. The van der Waals surface area contributed by atoms with Gasteiger partial charge in [-0.25, -0.2) is 4.98 Å². The van der Waals surface area contributed by atoms with Crippen molar-refractivity contribution in [2.45, 2.75) is 13.1 Å². The van der Waals surface area contributed by atoms with Crippen LogP contribution >= 0.6 is 23.2 Å². The molecule has 0 aliphatic carbocycles. The van der Waals surface area contributed by atoms with Crippen molar-refractivity contribution in [2.24, 2.45) is 0 Å². The molecular formula is C21H14Cl2F3N3O2. The highest BCUT2D eigenvalue weighted by molar-refractivity contribution is 6.36. The number of aromatic nitrogens is 1. The lowest BCUT2D eigenvalue weighted by molar-refractivity contribution is -0.141. The normalized spacial score (nSPS) is 11.2. The molecule has 2 N–H and O–H groups in total. The molecule has 0 unspecified atom stereocenters. The summed E-state index contributed by atoms with van der Waals surface area (Å²) in [5.74, 6) is -1.16. The third-order valence-electron chi connectivity index (χ3n) is 4.21. The van der Waals surface area contributed by atoms with Gasteiger partial charge >= 0.3 is 6.18 Å². The molecule has 0 saturated heterocycles. The SMILES string of the molecule is Cc1nc(C(F)(F)F)ccc1C(=O)Nc1ccc(Cl)c(NC(=O)c2ccccc2Cl)c1. The molecule has 0 aliphatic heterocycles. The lowest BCUT2D eigenvalue weighted by Crippen LogP contribution is -2.17. The smallest absolute Gasteiger partial charge is 0.322 e. The molecule has 3 aromatic rings. The fourth-order valence-corrected chi connectivity index (χ4v) is 3.08. The lowest BCUT2D eigenvalue weighted by Gasteiger charge is -2.13. The number of aryl methyl sites for hydroxylation is 1. The van der Waals surface area contributed by atoms with Crippen LogP contribution in [-0.4, -0.2) is 16.8 Å². The predicted octanol–water partition coefficient (Wildman–Crippen LogP) is 6.22. The predicted molar refractivity (Wildman–Crippen MR) is 113 cm³/mol. The summed E-state index contributed by atoms with van der Waals surface area (Å²) in [7, 11) is 0. The van der Waals surface area contributed by atoms with Gasteiger partial charge in [0.2, 0.25) is 0 Å². The third-order valence-corrected chi connectivity index (χ3v) is 4.87. The molecule has 10 heteroatoms. The van der Waals surface area contributed by atoms with Gasteiger partial charge in [0.15, 0.2) is 0 Å². The Kier molecular flexibility index (Phi) is 6.52. The van der Waals surface area contributed by atoms with E-state index in [4.69, 9.17) is 23.2 Å². The van der Waals surface area contributed by atoms with E-state index in [1.165, 1.54) is 31.2 Å². The van der Waals surface area contributed by atoms with Gasteiger partial charge in [-0.3, -0.25) is 9.59 Å². The van der Waals surface area contributed by atoms with E-state index in [-0.39, 0.29) is 38.2 Å². The first-order valence-electron chi connectivity index (χ1n) is 8.78. The van der Waals surface area contributed by atoms with Gasteiger partial charge in [-0.2, -0.15) is 13.2 Å². The number of alkyl halides is 3. The minimum atomic E-state index is -4.61. The standard InChI is InChI=1S/C21H14Cl2F3N3O2/c1-11-13(7-9-18(27-11)21(24,25)26)19(30)28-12-6-8-16(23)17(10-12)29-20(31)14-4-2-3-5-15(14)22/h2-10H,1H3,(H,28,30)(H,29,31). The van der Waals surface area contributed by atoms with Crippen LogP contribution in [0.3, 0.4) is 0 Å². The maximum Gasteiger partial charge on any atom is 0.433 e. The number of benzene rings is 2. The molecule has 0 bridgehead atoms. The summed E-state index contributed by atoms with van der Waals surface area (Å²) >= 11 is 12.1. The molecule has 160 valence electrons. The highest BCUT2D eigenvalue weighted by Crippen LogP contribution is 2.29. The number of carbonyl (C=O) groups is 2. The van der Waals surface area contributed by atoms with E-state index in [1.54, 1.807) is 18.2 Å². The van der Waals surface area contributed by atoms with Crippen LogP contribution in [0.5, 0.6) is 0 Å². The van der Waals surface area contributed by atoms with Crippen LogP contribution in [0.25, 0.3) is 0 Å². The number of amides is 2. The van der Waals surface area contributed by atoms with Gasteiger partial charge < -0.3 is 10.6 Å². The Balaban J connectivity index is 1.80. The van der Waals surface area contributed by atoms with Crippen LogP contribution in [0.4, 0.5) is 24.5 Å². The Bertz CT molecular complexity index is 1170. The Morgan fingerprint density at radius 3 is 2.19 bits per heavy atom. The molecule has 31 heavy (non-hydrogen) atoms. The van der Waals surface area contributed by atoms with Crippen LogP contribution in [-0.2, 0) is 6.18 Å². The van der Waals surface area contributed by atoms with Gasteiger partial charge in [-0.1, -0.05) is 35.3 Å². The Morgan fingerprint density at radius 2 is 1.55 bits per heavy atom. The highest BCUT2D eigenvalue weighted by atomic mass is 35.5. The molecule has 3 rings (SSSR count). The largest absolute Gasteiger partial charge is 0.433 e. The zero-order chi connectivity index (χ0) is 22.8. The second-order valence-electron chi connectivity index (χ2n) is 6.41. The summed E-state index contributed by atoms with van der Waals surface area (Å²) < 4.78 is 38.3. The first-order chi connectivity index (χ1) is 14.6. The maximum atomic E-state index is 12.8. The van der Waals surface area contributed by atoms with Crippen molar-refractivity contribution < 1.29 is 22.8 Å². The van der Waals surface area contributed by atoms with Crippen molar-refractivity contribution in [3.05, 3.63) is 87.2 Å². The quantitative estimate of drug-likeness (QED) is 0.478. The van der Waals surface area contributed by atoms with Crippen molar-refractivity contribution in [1.29, 1.82) is 0 Å². The topological polar surface area (TPSA) is 71.1 Å². The van der Waals surface area contributed by atoms with E-state index >= 15 is 0 Å². The van der Waals surface area contributed by atoms with Gasteiger partial charge in [0.1, 0.15) is 5.69 Å². The summed E-state index contributed by atoms with van der Waals surface area (Å²) in [6.07, 6.45) is -4.61. The zero-order valence-corrected chi connectivity index (χ0v) is 17.4. The minimum Gasteiger partial charge on any atom is -0.322 e. The summed E-state index contributed by atoms with van der Waals surface area (Å²) in [5, 5.41) is 5.63. The average Bonchev–Trinajstić information content (AvgIpc) is 2.70. The van der Waals surface area contributed by atoms with E-state index in [2.05, 4.69) is 15.6 Å². The third kappa shape index (κ3) is 5.34. The first kappa shape index (κ1) is 22.6. The summed E-state index contributed by atoms with van der Waals surface area (Å²) in [5.41, 5.74) is -0.466. The minimum absolute atomic E-state index is 0.0235. The van der Waals surface area contributed by atoms with Crippen LogP contribution in [0.15, 0.2) is 54.6 Å². The lowest BCUT2D eigenvalue weighted by atomic mass is 10.1. The van der Waals surface area contributed by atoms with E-state index in [9.17, 15) is 22.8 Å². The van der Waals surface area contributed by atoms with Gasteiger partial charge in [0, 0.05) is 5.69 Å². The van der Waals surface area contributed by atoms with E-state index in [1.807, 2.05) is 0 Å². The van der Waals surface area contributed by atoms with Crippen LogP contribution in [0.2, 0.25) is 10.0 Å². The van der Waals surface area contributed by atoms with E-state index < -0.39 is 23.7 Å². The second-order valence-corrected chi connectivity index (χ2v) is 7.22. The van der Waals surface area contributed by atoms with Crippen LogP contribution in [0, 0.1) is 6.92 Å².